The van der Waals surface area contributed by atoms with E-state index >= 15 is 0 Å². The van der Waals surface area contributed by atoms with Crippen LogP contribution in [0.1, 0.15) is 45.9 Å². The molecule has 0 atom stereocenters. The maximum atomic E-state index is 10.9. The number of benzene rings is 1. The van der Waals surface area contributed by atoms with Gasteiger partial charge >= 0.3 is 5.97 Å². The van der Waals surface area contributed by atoms with E-state index in [4.69, 9.17) is 14.8 Å². The molecule has 2 aromatic heterocycles. The minimum atomic E-state index is -0.926. The number of aromatic carboxylic acids is 1. The Labute approximate surface area is 172 Å². The number of hydrogen-bond donors (Lipinski definition) is 1. The van der Waals surface area contributed by atoms with Gasteiger partial charge in [0, 0.05) is 16.0 Å². The van der Waals surface area contributed by atoms with E-state index < -0.39 is 5.97 Å². The zero-order valence-electron chi connectivity index (χ0n) is 15.7. The lowest BCUT2D eigenvalue weighted by molar-refractivity contribution is 0.0697. The van der Waals surface area contributed by atoms with Crippen molar-refractivity contribution in [1.29, 1.82) is 0 Å². The Morgan fingerprint density at radius 1 is 1.21 bits per heavy atom. The number of carboxylic acids is 1. The highest BCUT2D eigenvalue weighted by molar-refractivity contribution is 7.99. The van der Waals surface area contributed by atoms with Crippen LogP contribution in [-0.2, 0) is 12.8 Å². The molecule has 1 N–H and O–H groups in total. The summed E-state index contributed by atoms with van der Waals surface area (Å²) in [5.74, 6) is 1.53. The van der Waals surface area contributed by atoms with E-state index in [1.54, 1.807) is 36.0 Å². The quantitative estimate of drug-likeness (QED) is 0.328. The zero-order chi connectivity index (χ0) is 19.5. The van der Waals surface area contributed by atoms with Crippen molar-refractivity contribution < 1.29 is 14.6 Å². The van der Waals surface area contributed by atoms with Gasteiger partial charge in [-0.05, 0) is 68.9 Å². The van der Waals surface area contributed by atoms with Gasteiger partial charge in [-0.2, -0.15) is 0 Å². The Morgan fingerprint density at radius 3 is 2.79 bits per heavy atom. The van der Waals surface area contributed by atoms with Crippen molar-refractivity contribution in [2.24, 2.45) is 0 Å². The number of carboxylic acid groups (broad SMARTS) is 1. The first-order chi connectivity index (χ1) is 13.6. The molecular weight excluding hydrogens is 392 g/mol. The normalized spacial score (nSPS) is 13.5. The first-order valence-electron chi connectivity index (χ1n) is 9.49. The molecule has 5 nitrogen and oxygen atoms in total. The fraction of sp³-hybridized carbons (Fsp3) is 0.381. The predicted octanol–water partition coefficient (Wildman–Crippen LogP) is 5.14. The third-order valence-electron chi connectivity index (χ3n) is 4.79. The summed E-state index contributed by atoms with van der Waals surface area (Å²) in [7, 11) is 0. The summed E-state index contributed by atoms with van der Waals surface area (Å²) in [4.78, 5) is 22.9. The van der Waals surface area contributed by atoms with Crippen LogP contribution < -0.4 is 4.74 Å². The van der Waals surface area contributed by atoms with Crippen LogP contribution in [0.25, 0.3) is 10.2 Å². The molecular formula is C21H22N2O3S2. The van der Waals surface area contributed by atoms with Gasteiger partial charge in [0.25, 0.3) is 0 Å². The van der Waals surface area contributed by atoms with Crippen LogP contribution in [0.5, 0.6) is 5.75 Å². The van der Waals surface area contributed by atoms with Crippen molar-refractivity contribution >= 4 is 39.3 Å². The van der Waals surface area contributed by atoms with E-state index in [9.17, 15) is 4.79 Å². The molecule has 146 valence electrons. The second-order valence-electron chi connectivity index (χ2n) is 6.85. The summed E-state index contributed by atoms with van der Waals surface area (Å²) >= 11 is 3.62. The van der Waals surface area contributed by atoms with Crippen molar-refractivity contribution in [3.63, 3.8) is 0 Å². The maximum Gasteiger partial charge on any atom is 0.335 e. The Balaban J connectivity index is 1.36. The molecule has 0 saturated heterocycles. The number of nitrogens with zero attached hydrogens (tertiary/aromatic N) is 2. The van der Waals surface area contributed by atoms with Crippen LogP contribution in [0.15, 0.2) is 29.3 Å². The molecule has 0 unspecified atom stereocenters. The van der Waals surface area contributed by atoms with E-state index in [2.05, 4.69) is 4.98 Å². The molecule has 0 radical (unpaired) electrons. The Bertz CT molecular complexity index is 999. The van der Waals surface area contributed by atoms with E-state index in [0.29, 0.717) is 12.4 Å². The molecule has 4 rings (SSSR count). The van der Waals surface area contributed by atoms with Crippen LogP contribution in [0, 0.1) is 6.92 Å². The number of ether oxygens (including phenoxy) is 1. The molecule has 0 bridgehead atoms. The van der Waals surface area contributed by atoms with Crippen molar-refractivity contribution in [2.75, 3.05) is 12.4 Å². The highest BCUT2D eigenvalue weighted by Crippen LogP contribution is 2.39. The van der Waals surface area contributed by atoms with Crippen LogP contribution in [-0.4, -0.2) is 33.4 Å². The van der Waals surface area contributed by atoms with E-state index in [1.807, 2.05) is 18.3 Å². The molecule has 1 aliphatic rings. The summed E-state index contributed by atoms with van der Waals surface area (Å²) in [5, 5.41) is 11.3. The number of fused-ring (bicyclic) bond motifs is 3. The molecule has 0 spiro atoms. The van der Waals surface area contributed by atoms with Gasteiger partial charge in [0.2, 0.25) is 0 Å². The number of carbonyl (C=O) groups is 1. The third kappa shape index (κ3) is 4.15. The van der Waals surface area contributed by atoms with Crippen LogP contribution in [0.4, 0.5) is 0 Å². The Kier molecular flexibility index (Phi) is 5.82. The fourth-order valence-corrected chi connectivity index (χ4v) is 5.83. The lowest BCUT2D eigenvalue weighted by Gasteiger charge is -2.12. The second-order valence-corrected chi connectivity index (χ2v) is 9.01. The van der Waals surface area contributed by atoms with Gasteiger partial charge in [0.1, 0.15) is 21.4 Å². The maximum absolute atomic E-state index is 10.9. The summed E-state index contributed by atoms with van der Waals surface area (Å²) < 4.78 is 5.73. The molecule has 0 fully saturated rings. The van der Waals surface area contributed by atoms with Gasteiger partial charge in [0.15, 0.2) is 0 Å². The lowest BCUT2D eigenvalue weighted by Crippen LogP contribution is -2.01. The topological polar surface area (TPSA) is 72.3 Å². The van der Waals surface area contributed by atoms with Crippen molar-refractivity contribution in [3.05, 3.63) is 46.1 Å². The molecule has 28 heavy (non-hydrogen) atoms. The molecule has 0 aliphatic heterocycles. The highest BCUT2D eigenvalue weighted by Gasteiger charge is 2.20. The molecule has 0 saturated carbocycles. The number of thiophene rings is 1. The smallest absolute Gasteiger partial charge is 0.335 e. The average molecular weight is 415 g/mol. The number of aromatic nitrogens is 2. The van der Waals surface area contributed by atoms with Gasteiger partial charge < -0.3 is 9.84 Å². The molecule has 1 aromatic carbocycles. The predicted molar refractivity (Wildman–Crippen MR) is 113 cm³/mol. The molecule has 7 heteroatoms. The van der Waals surface area contributed by atoms with Crippen molar-refractivity contribution in [2.45, 2.75) is 44.1 Å². The lowest BCUT2D eigenvalue weighted by atomic mass is 9.97. The fourth-order valence-electron chi connectivity index (χ4n) is 3.44. The Morgan fingerprint density at radius 2 is 2.00 bits per heavy atom. The summed E-state index contributed by atoms with van der Waals surface area (Å²) in [6.45, 7) is 2.56. The molecule has 2 heterocycles. The van der Waals surface area contributed by atoms with Gasteiger partial charge in [0.05, 0.1) is 12.2 Å². The van der Waals surface area contributed by atoms with Gasteiger partial charge in [-0.3, -0.25) is 0 Å². The zero-order valence-corrected chi connectivity index (χ0v) is 17.4. The minimum absolute atomic E-state index is 0.269. The molecule has 0 amide bonds. The second kappa shape index (κ2) is 8.49. The third-order valence-corrected chi connectivity index (χ3v) is 7.04. The van der Waals surface area contributed by atoms with Gasteiger partial charge in [-0.25, -0.2) is 14.8 Å². The van der Waals surface area contributed by atoms with Gasteiger partial charge in [-0.15, -0.1) is 23.1 Å². The van der Waals surface area contributed by atoms with Gasteiger partial charge in [-0.1, -0.05) is 0 Å². The highest BCUT2D eigenvalue weighted by atomic mass is 32.2. The van der Waals surface area contributed by atoms with Crippen molar-refractivity contribution in [3.8, 4) is 5.75 Å². The number of aryl methyl sites for hydroxylation is 3. The summed E-state index contributed by atoms with van der Waals surface area (Å²) in [6.07, 6.45) is 5.74. The number of hydrogen-bond acceptors (Lipinski definition) is 6. The van der Waals surface area contributed by atoms with Crippen LogP contribution in [0.2, 0.25) is 0 Å². The Hall–Kier alpha value is -2.12. The standard InChI is InChI=1S/C21H22N2O3S2/c1-13-22-19(18-16-5-2-3-6-17(16)28-20(18)23-13)27-12-4-11-26-15-9-7-14(8-10-15)21(24)25/h7-10H,2-6,11-12H2,1H3,(H,24,25). The first-order valence-corrected chi connectivity index (χ1v) is 11.3. The summed E-state index contributed by atoms with van der Waals surface area (Å²) in [6, 6.07) is 6.52. The van der Waals surface area contributed by atoms with E-state index in [0.717, 1.165) is 34.3 Å². The molecule has 3 aromatic rings. The SMILES string of the molecule is Cc1nc(SCCCOc2ccc(C(=O)O)cc2)c2c3c(sc2n1)CCCC3. The molecule has 1 aliphatic carbocycles. The monoisotopic (exact) mass is 414 g/mol. The number of thioether (sulfide) groups is 1. The minimum Gasteiger partial charge on any atom is -0.494 e. The first kappa shape index (κ1) is 19.2. The summed E-state index contributed by atoms with van der Waals surface area (Å²) in [5.41, 5.74) is 1.74. The largest absolute Gasteiger partial charge is 0.494 e. The number of rotatable bonds is 7. The van der Waals surface area contributed by atoms with E-state index in [-0.39, 0.29) is 5.56 Å². The van der Waals surface area contributed by atoms with Crippen molar-refractivity contribution in [1.82, 2.24) is 9.97 Å². The van der Waals surface area contributed by atoms with Crippen LogP contribution in [0.3, 0.4) is 0 Å². The van der Waals surface area contributed by atoms with E-state index in [1.165, 1.54) is 35.1 Å². The van der Waals surface area contributed by atoms with Crippen LogP contribution >= 0.6 is 23.1 Å². The average Bonchev–Trinajstić information content (AvgIpc) is 3.06.